The van der Waals surface area contributed by atoms with Gasteiger partial charge in [-0.2, -0.15) is 11.8 Å². The van der Waals surface area contributed by atoms with Crippen molar-refractivity contribution in [1.29, 1.82) is 0 Å². The van der Waals surface area contributed by atoms with Crippen LogP contribution in [0.4, 0.5) is 0 Å². The van der Waals surface area contributed by atoms with Gasteiger partial charge in [-0.15, -0.1) is 0 Å². The third-order valence-electron chi connectivity index (χ3n) is 3.73. The van der Waals surface area contributed by atoms with E-state index in [1.54, 1.807) is 5.57 Å². The van der Waals surface area contributed by atoms with Gasteiger partial charge in [0, 0.05) is 11.0 Å². The van der Waals surface area contributed by atoms with Crippen LogP contribution in [0, 0.1) is 11.8 Å². The van der Waals surface area contributed by atoms with E-state index in [0.29, 0.717) is 0 Å². The molecule has 0 radical (unpaired) electrons. The minimum atomic E-state index is 0.912. The molecule has 3 atom stereocenters. The van der Waals surface area contributed by atoms with Gasteiger partial charge in [-0.3, -0.25) is 0 Å². The van der Waals surface area contributed by atoms with Crippen molar-refractivity contribution in [2.75, 3.05) is 5.75 Å². The topological polar surface area (TPSA) is 0 Å². The number of thioether (sulfide) groups is 1. The zero-order chi connectivity index (χ0) is 11.3. The fraction of sp³-hybridized carbons (Fsp3) is 0.857. The Morgan fingerprint density at radius 1 is 1.33 bits per heavy atom. The van der Waals surface area contributed by atoms with Crippen LogP contribution < -0.4 is 0 Å². The van der Waals surface area contributed by atoms with Gasteiger partial charge in [0.1, 0.15) is 0 Å². The average molecular weight is 226 g/mol. The Balaban J connectivity index is 2.36. The summed E-state index contributed by atoms with van der Waals surface area (Å²) >= 11 is 2.20. The lowest BCUT2D eigenvalue weighted by atomic mass is 9.84. The average Bonchev–Trinajstić information content (AvgIpc) is 2.24. The first-order valence-electron chi connectivity index (χ1n) is 6.43. The lowest BCUT2D eigenvalue weighted by Gasteiger charge is -2.32. The number of rotatable bonds is 4. The van der Waals surface area contributed by atoms with E-state index in [1.807, 2.05) is 0 Å². The van der Waals surface area contributed by atoms with Gasteiger partial charge in [-0.05, 0) is 38.0 Å². The predicted molar refractivity (Wildman–Crippen MR) is 72.5 cm³/mol. The van der Waals surface area contributed by atoms with Gasteiger partial charge in [-0.1, -0.05) is 38.8 Å². The summed E-state index contributed by atoms with van der Waals surface area (Å²) in [4.78, 5) is 0. The molecule has 0 amide bonds. The SMILES string of the molecule is C/C=C(/CC)CSC1CC(C)CCC1C. The quantitative estimate of drug-likeness (QED) is 0.614. The molecular formula is C14H26S. The van der Waals surface area contributed by atoms with E-state index in [2.05, 4.69) is 45.5 Å². The smallest absolute Gasteiger partial charge is 0.0145 e. The molecule has 15 heavy (non-hydrogen) atoms. The van der Waals surface area contributed by atoms with Crippen LogP contribution in [0.15, 0.2) is 11.6 Å². The Labute approximate surface area is 99.9 Å². The van der Waals surface area contributed by atoms with E-state index in [4.69, 9.17) is 0 Å². The number of hydrogen-bond donors (Lipinski definition) is 0. The summed E-state index contributed by atoms with van der Waals surface area (Å²) in [5.41, 5.74) is 1.62. The van der Waals surface area contributed by atoms with Crippen LogP contribution in [0.1, 0.15) is 53.4 Å². The van der Waals surface area contributed by atoms with E-state index in [9.17, 15) is 0 Å². The molecule has 1 saturated carbocycles. The minimum Gasteiger partial charge on any atom is -0.154 e. The van der Waals surface area contributed by atoms with E-state index < -0.39 is 0 Å². The summed E-state index contributed by atoms with van der Waals surface area (Å²) in [6, 6.07) is 0. The summed E-state index contributed by atoms with van der Waals surface area (Å²) in [5, 5.41) is 0.912. The van der Waals surface area contributed by atoms with Crippen molar-refractivity contribution in [2.45, 2.75) is 58.6 Å². The molecule has 0 bridgehead atoms. The summed E-state index contributed by atoms with van der Waals surface area (Å²) in [5.74, 6) is 3.14. The Morgan fingerprint density at radius 2 is 2.07 bits per heavy atom. The third-order valence-corrected chi connectivity index (χ3v) is 5.35. The minimum absolute atomic E-state index is 0.912. The molecule has 0 aromatic rings. The van der Waals surface area contributed by atoms with Crippen LogP contribution in [0.2, 0.25) is 0 Å². The maximum Gasteiger partial charge on any atom is 0.0145 e. The highest BCUT2D eigenvalue weighted by molar-refractivity contribution is 8.00. The van der Waals surface area contributed by atoms with Crippen LogP contribution in [-0.4, -0.2) is 11.0 Å². The van der Waals surface area contributed by atoms with Crippen LogP contribution in [-0.2, 0) is 0 Å². The molecule has 0 heterocycles. The van der Waals surface area contributed by atoms with Gasteiger partial charge in [0.15, 0.2) is 0 Å². The first kappa shape index (κ1) is 13.2. The van der Waals surface area contributed by atoms with Crippen LogP contribution in [0.5, 0.6) is 0 Å². The molecule has 0 saturated heterocycles. The molecule has 1 rings (SSSR count). The van der Waals surface area contributed by atoms with Crippen molar-refractivity contribution in [2.24, 2.45) is 11.8 Å². The summed E-state index contributed by atoms with van der Waals surface area (Å²) in [7, 11) is 0. The predicted octanol–water partition coefficient (Wildman–Crippen LogP) is 4.90. The molecule has 1 aliphatic carbocycles. The molecule has 1 aliphatic rings. The van der Waals surface area contributed by atoms with E-state index in [1.165, 1.54) is 31.4 Å². The first-order valence-corrected chi connectivity index (χ1v) is 7.47. The molecule has 0 N–H and O–H groups in total. The Kier molecular flexibility index (Phi) is 5.81. The molecule has 1 fully saturated rings. The molecule has 0 aromatic carbocycles. The number of hydrogen-bond acceptors (Lipinski definition) is 1. The van der Waals surface area contributed by atoms with Crippen LogP contribution >= 0.6 is 11.8 Å². The highest BCUT2D eigenvalue weighted by atomic mass is 32.2. The van der Waals surface area contributed by atoms with Crippen molar-refractivity contribution in [3.63, 3.8) is 0 Å². The highest BCUT2D eigenvalue weighted by Gasteiger charge is 2.25. The monoisotopic (exact) mass is 226 g/mol. The van der Waals surface area contributed by atoms with Crippen molar-refractivity contribution >= 4 is 11.8 Å². The maximum atomic E-state index is 2.44. The highest BCUT2D eigenvalue weighted by Crippen LogP contribution is 2.36. The molecule has 88 valence electrons. The standard InChI is InChI=1S/C14H26S/c1-5-13(6-2)10-15-14-9-11(3)7-8-12(14)4/h5,11-12,14H,6-10H2,1-4H3/b13-5-. The van der Waals surface area contributed by atoms with Gasteiger partial charge in [-0.25, -0.2) is 0 Å². The molecular weight excluding hydrogens is 200 g/mol. The molecule has 3 unspecified atom stereocenters. The van der Waals surface area contributed by atoms with E-state index in [0.717, 1.165) is 17.1 Å². The summed E-state index contributed by atoms with van der Waals surface area (Å²) in [6.45, 7) is 9.29. The normalized spacial score (nSPS) is 33.1. The second kappa shape index (κ2) is 6.62. The Hall–Kier alpha value is 0.0900. The Morgan fingerprint density at radius 3 is 2.67 bits per heavy atom. The molecule has 1 heteroatoms. The summed E-state index contributed by atoms with van der Waals surface area (Å²) in [6.07, 6.45) is 7.84. The lowest BCUT2D eigenvalue weighted by Crippen LogP contribution is -2.24. The molecule has 0 nitrogen and oxygen atoms in total. The van der Waals surface area contributed by atoms with E-state index in [-0.39, 0.29) is 0 Å². The fourth-order valence-electron chi connectivity index (χ4n) is 2.32. The summed E-state index contributed by atoms with van der Waals surface area (Å²) < 4.78 is 0. The second-order valence-corrected chi connectivity index (χ2v) is 6.27. The van der Waals surface area contributed by atoms with Gasteiger partial charge in [0.05, 0.1) is 0 Å². The number of allylic oxidation sites excluding steroid dienone is 1. The van der Waals surface area contributed by atoms with Crippen molar-refractivity contribution in [3.8, 4) is 0 Å². The third kappa shape index (κ3) is 4.22. The van der Waals surface area contributed by atoms with Crippen molar-refractivity contribution < 1.29 is 0 Å². The van der Waals surface area contributed by atoms with E-state index >= 15 is 0 Å². The zero-order valence-electron chi connectivity index (χ0n) is 10.8. The largest absolute Gasteiger partial charge is 0.154 e. The maximum absolute atomic E-state index is 2.44. The molecule has 0 spiro atoms. The van der Waals surface area contributed by atoms with Crippen LogP contribution in [0.25, 0.3) is 0 Å². The van der Waals surface area contributed by atoms with Gasteiger partial charge in [0.2, 0.25) is 0 Å². The van der Waals surface area contributed by atoms with Gasteiger partial charge < -0.3 is 0 Å². The van der Waals surface area contributed by atoms with Crippen LogP contribution in [0.3, 0.4) is 0 Å². The molecule has 0 aliphatic heterocycles. The van der Waals surface area contributed by atoms with Gasteiger partial charge in [0.25, 0.3) is 0 Å². The van der Waals surface area contributed by atoms with Crippen molar-refractivity contribution in [3.05, 3.63) is 11.6 Å². The second-order valence-electron chi connectivity index (χ2n) is 5.05. The Bertz CT molecular complexity index is 207. The zero-order valence-corrected chi connectivity index (χ0v) is 11.6. The fourth-order valence-corrected chi connectivity index (χ4v) is 4.04. The lowest BCUT2D eigenvalue weighted by molar-refractivity contribution is 0.318. The van der Waals surface area contributed by atoms with Gasteiger partial charge >= 0.3 is 0 Å². The first-order chi connectivity index (χ1) is 7.17. The van der Waals surface area contributed by atoms with Crippen molar-refractivity contribution in [1.82, 2.24) is 0 Å². The molecule has 0 aromatic heterocycles.